The molecule has 0 spiro atoms. The number of carbonyl (C=O) groups excluding carboxylic acids is 1. The number of hydrogen-bond acceptors (Lipinski definition) is 4. The molecule has 0 saturated heterocycles. The number of amides is 1. The van der Waals surface area contributed by atoms with Crippen molar-refractivity contribution in [1.82, 2.24) is 24.5 Å². The van der Waals surface area contributed by atoms with Crippen molar-refractivity contribution in [2.45, 2.75) is 26.1 Å². The molecule has 1 aromatic carbocycles. The molecule has 0 atom stereocenters. The lowest BCUT2D eigenvalue weighted by Gasteiger charge is -2.26. The average molecular weight is 418 g/mol. The first-order valence-electron chi connectivity index (χ1n) is 9.42. The molecule has 0 bridgehead atoms. The van der Waals surface area contributed by atoms with Gasteiger partial charge in [0.2, 0.25) is 5.91 Å². The number of aromatic nitrogens is 4. The number of alkyl halides is 3. The first-order valence-corrected chi connectivity index (χ1v) is 9.42. The zero-order valence-electron chi connectivity index (χ0n) is 16.8. The average Bonchev–Trinajstić information content (AvgIpc) is 3.23. The summed E-state index contributed by atoms with van der Waals surface area (Å²) in [5.74, 6) is 0.653. The topological polar surface area (TPSA) is 68.0 Å². The van der Waals surface area contributed by atoms with Crippen LogP contribution in [0, 0.1) is 0 Å². The summed E-state index contributed by atoms with van der Waals surface area (Å²) in [6.07, 6.45) is -2.44. The smallest absolute Gasteiger partial charge is 0.338 e. The molecule has 4 rings (SSSR count). The van der Waals surface area contributed by atoms with Gasteiger partial charge in [0.1, 0.15) is 0 Å². The van der Waals surface area contributed by atoms with E-state index >= 15 is 0 Å². The number of nitrogens with one attached hydrogen (secondary N) is 1. The number of nitrogens with zero attached hydrogens (tertiary/aromatic N) is 5. The van der Waals surface area contributed by atoms with E-state index in [2.05, 4.69) is 15.5 Å². The fourth-order valence-corrected chi connectivity index (χ4v) is 3.74. The van der Waals surface area contributed by atoms with Crippen molar-refractivity contribution in [3.05, 3.63) is 47.4 Å². The molecule has 1 amide bonds. The Hall–Kier alpha value is -3.30. The molecule has 158 valence electrons. The van der Waals surface area contributed by atoms with Crippen LogP contribution in [0.1, 0.15) is 23.9 Å². The van der Waals surface area contributed by atoms with Gasteiger partial charge in [0.05, 0.1) is 6.54 Å². The molecular formula is C20H21F3N6O. The van der Waals surface area contributed by atoms with Crippen LogP contribution >= 0.6 is 0 Å². The van der Waals surface area contributed by atoms with Crippen LogP contribution in [0.2, 0.25) is 0 Å². The summed E-state index contributed by atoms with van der Waals surface area (Å²) in [7, 11) is 3.32. The van der Waals surface area contributed by atoms with Gasteiger partial charge in [-0.25, -0.2) is 0 Å². The van der Waals surface area contributed by atoms with Crippen molar-refractivity contribution < 1.29 is 18.0 Å². The second-order valence-electron chi connectivity index (χ2n) is 7.35. The summed E-state index contributed by atoms with van der Waals surface area (Å²) >= 11 is 0. The molecule has 0 radical (unpaired) electrons. The predicted octanol–water partition coefficient (Wildman–Crippen LogP) is 3.49. The van der Waals surface area contributed by atoms with Gasteiger partial charge in [0, 0.05) is 62.7 Å². The number of aryl methyl sites for hydroxylation is 2. The maximum Gasteiger partial charge on any atom is 0.435 e. The molecule has 30 heavy (non-hydrogen) atoms. The molecule has 3 heterocycles. The molecule has 0 fully saturated rings. The Morgan fingerprint density at radius 1 is 1.13 bits per heavy atom. The maximum atomic E-state index is 13.2. The van der Waals surface area contributed by atoms with E-state index in [9.17, 15) is 18.0 Å². The third-order valence-electron chi connectivity index (χ3n) is 5.24. The summed E-state index contributed by atoms with van der Waals surface area (Å²) in [4.78, 5) is 13.5. The Balaban J connectivity index is 1.60. The minimum Gasteiger partial charge on any atom is -0.338 e. The Kier molecular flexibility index (Phi) is 4.79. The maximum absolute atomic E-state index is 13.2. The Bertz CT molecular complexity index is 1100. The minimum atomic E-state index is -4.52. The summed E-state index contributed by atoms with van der Waals surface area (Å²) < 4.78 is 42.7. The molecule has 0 aliphatic carbocycles. The summed E-state index contributed by atoms with van der Waals surface area (Å²) in [5.41, 5.74) is 2.26. The molecule has 1 N–H and O–H groups in total. The van der Waals surface area contributed by atoms with Crippen molar-refractivity contribution in [2.75, 3.05) is 11.9 Å². The van der Waals surface area contributed by atoms with Gasteiger partial charge in [-0.3, -0.25) is 14.2 Å². The van der Waals surface area contributed by atoms with Crippen LogP contribution in [-0.2, 0) is 38.0 Å². The number of rotatable bonds is 3. The number of anilines is 2. The van der Waals surface area contributed by atoms with Gasteiger partial charge >= 0.3 is 6.18 Å². The third kappa shape index (κ3) is 3.64. The van der Waals surface area contributed by atoms with Gasteiger partial charge < -0.3 is 10.2 Å². The Morgan fingerprint density at radius 3 is 2.47 bits per heavy atom. The van der Waals surface area contributed by atoms with Gasteiger partial charge in [0.15, 0.2) is 11.5 Å². The van der Waals surface area contributed by atoms with Crippen LogP contribution in [0.5, 0.6) is 0 Å². The molecule has 1 aliphatic heterocycles. The first kappa shape index (κ1) is 20.0. The van der Waals surface area contributed by atoms with E-state index in [0.717, 1.165) is 22.4 Å². The summed E-state index contributed by atoms with van der Waals surface area (Å²) in [6, 6.07) is 6.64. The highest BCUT2D eigenvalue weighted by Gasteiger charge is 2.37. The van der Waals surface area contributed by atoms with E-state index in [1.807, 2.05) is 7.05 Å². The van der Waals surface area contributed by atoms with E-state index in [4.69, 9.17) is 0 Å². The zero-order valence-corrected chi connectivity index (χ0v) is 16.8. The van der Waals surface area contributed by atoms with Crippen LogP contribution in [0.4, 0.5) is 24.7 Å². The van der Waals surface area contributed by atoms with Crippen molar-refractivity contribution >= 4 is 17.4 Å². The number of carbonyl (C=O) groups is 1. The van der Waals surface area contributed by atoms with Gasteiger partial charge in [-0.05, 0) is 17.7 Å². The second-order valence-corrected chi connectivity index (χ2v) is 7.35. The number of benzene rings is 1. The predicted molar refractivity (Wildman–Crippen MR) is 105 cm³/mol. The van der Waals surface area contributed by atoms with E-state index in [1.165, 1.54) is 13.2 Å². The second kappa shape index (κ2) is 7.19. The largest absolute Gasteiger partial charge is 0.435 e. The zero-order chi connectivity index (χ0) is 21.6. The molecule has 3 aromatic rings. The summed E-state index contributed by atoms with van der Waals surface area (Å²) in [6.45, 7) is 2.67. The Labute approximate surface area is 171 Å². The van der Waals surface area contributed by atoms with Crippen LogP contribution < -0.4 is 5.32 Å². The molecule has 0 saturated carbocycles. The highest BCUT2D eigenvalue weighted by molar-refractivity contribution is 5.74. The Morgan fingerprint density at radius 2 is 1.83 bits per heavy atom. The monoisotopic (exact) mass is 418 g/mol. The fourth-order valence-electron chi connectivity index (χ4n) is 3.74. The lowest BCUT2D eigenvalue weighted by atomic mass is 10.1. The van der Waals surface area contributed by atoms with Crippen LogP contribution in [-0.4, -0.2) is 36.9 Å². The first-order chi connectivity index (χ1) is 14.1. The van der Waals surface area contributed by atoms with Gasteiger partial charge in [-0.1, -0.05) is 12.1 Å². The van der Waals surface area contributed by atoms with E-state index in [0.29, 0.717) is 30.2 Å². The van der Waals surface area contributed by atoms with Crippen molar-refractivity contribution in [3.8, 4) is 11.1 Å². The molecule has 2 aromatic heterocycles. The fraction of sp³-hybridized carbons (Fsp3) is 0.350. The molecule has 7 nitrogen and oxygen atoms in total. The molecular weight excluding hydrogens is 397 g/mol. The van der Waals surface area contributed by atoms with Gasteiger partial charge in [0.25, 0.3) is 0 Å². The van der Waals surface area contributed by atoms with Crippen LogP contribution in [0.3, 0.4) is 0 Å². The SMILES string of the molecule is CC(=O)N1CCc2c(c(Nc3ccc(-c4cn(C)nc4C(F)(F)F)cc3)nn2C)C1. The van der Waals surface area contributed by atoms with E-state index < -0.39 is 11.9 Å². The van der Waals surface area contributed by atoms with Crippen LogP contribution in [0.15, 0.2) is 30.5 Å². The number of halogens is 3. The standard InChI is InChI=1S/C20H21F3N6O/c1-12(30)29-9-8-17-16(11-29)19(26-28(17)3)24-14-6-4-13(5-7-14)15-10-27(2)25-18(15)20(21,22)23/h4-7,10H,8-9,11H2,1-3H3,(H,24,26). The lowest BCUT2D eigenvalue weighted by Crippen LogP contribution is -2.34. The van der Waals surface area contributed by atoms with Gasteiger partial charge in [-0.2, -0.15) is 23.4 Å². The highest BCUT2D eigenvalue weighted by Crippen LogP contribution is 2.36. The molecule has 1 aliphatic rings. The lowest BCUT2D eigenvalue weighted by molar-refractivity contribution is -0.141. The van der Waals surface area contributed by atoms with Crippen molar-refractivity contribution in [3.63, 3.8) is 0 Å². The third-order valence-corrected chi connectivity index (χ3v) is 5.24. The normalized spacial score (nSPS) is 14.0. The molecule has 0 unspecified atom stereocenters. The minimum absolute atomic E-state index is 0.0109. The van der Waals surface area contributed by atoms with Gasteiger partial charge in [-0.15, -0.1) is 0 Å². The van der Waals surface area contributed by atoms with E-state index in [-0.39, 0.29) is 11.5 Å². The van der Waals surface area contributed by atoms with Crippen LogP contribution in [0.25, 0.3) is 11.1 Å². The van der Waals surface area contributed by atoms with Crippen molar-refractivity contribution in [1.29, 1.82) is 0 Å². The highest BCUT2D eigenvalue weighted by atomic mass is 19.4. The van der Waals surface area contributed by atoms with E-state index in [1.54, 1.807) is 40.8 Å². The summed E-state index contributed by atoms with van der Waals surface area (Å²) in [5, 5.41) is 11.3. The number of hydrogen-bond donors (Lipinski definition) is 1. The number of fused-ring (bicyclic) bond motifs is 1. The quantitative estimate of drug-likeness (QED) is 0.707. The molecule has 10 heteroatoms. The van der Waals surface area contributed by atoms with Crippen molar-refractivity contribution in [2.24, 2.45) is 14.1 Å².